The molecule has 0 fully saturated rings. The van der Waals surface area contributed by atoms with Gasteiger partial charge in [-0.15, -0.1) is 0 Å². The Bertz CT molecular complexity index is 1100. The first kappa shape index (κ1) is 25.2. The molecule has 1 amide bonds. The molecule has 0 bridgehead atoms. The molecule has 0 radical (unpaired) electrons. The number of hydrogen-bond acceptors (Lipinski definition) is 5. The molecule has 2 aromatic carbocycles. The highest BCUT2D eigenvalue weighted by molar-refractivity contribution is 7.89. The van der Waals surface area contributed by atoms with E-state index >= 15 is 0 Å². The summed E-state index contributed by atoms with van der Waals surface area (Å²) in [5.41, 5.74) is -0.699. The lowest BCUT2D eigenvalue weighted by atomic mass is 10.1. The number of nitrogens with one attached hydrogen (secondary N) is 2. The number of amides is 1. The van der Waals surface area contributed by atoms with Crippen LogP contribution in [0.2, 0.25) is 0 Å². The van der Waals surface area contributed by atoms with E-state index in [2.05, 4.69) is 10.0 Å². The molecular weight excluding hydrogens is 449 g/mol. The van der Waals surface area contributed by atoms with Gasteiger partial charge in [0.25, 0.3) is 0 Å². The molecule has 0 aliphatic heterocycles. The minimum absolute atomic E-state index is 0.105. The fourth-order valence-electron chi connectivity index (χ4n) is 2.61. The van der Waals surface area contributed by atoms with Gasteiger partial charge < -0.3 is 14.8 Å². The van der Waals surface area contributed by atoms with Crippen molar-refractivity contribution >= 4 is 27.7 Å². The third-order valence-electron chi connectivity index (χ3n) is 4.20. The van der Waals surface area contributed by atoms with Crippen LogP contribution in [-0.4, -0.2) is 35.1 Å². The lowest BCUT2D eigenvalue weighted by molar-refractivity contribution is -0.137. The molecule has 0 aliphatic carbocycles. The van der Waals surface area contributed by atoms with Crippen LogP contribution in [0.4, 0.5) is 18.9 Å². The maximum Gasteiger partial charge on any atom is 0.416 e. The van der Waals surface area contributed by atoms with Gasteiger partial charge >= 0.3 is 6.18 Å². The molecule has 0 saturated heterocycles. The number of benzene rings is 2. The van der Waals surface area contributed by atoms with Gasteiger partial charge in [0.15, 0.2) is 0 Å². The van der Waals surface area contributed by atoms with E-state index in [0.29, 0.717) is 12.0 Å². The van der Waals surface area contributed by atoms with Gasteiger partial charge in [0, 0.05) is 6.08 Å². The number of halogens is 3. The minimum Gasteiger partial charge on any atom is -0.495 e. The van der Waals surface area contributed by atoms with Gasteiger partial charge in [0.05, 0.1) is 25.0 Å². The number of ether oxygens (including phenoxy) is 2. The van der Waals surface area contributed by atoms with Gasteiger partial charge in [0.1, 0.15) is 16.4 Å². The Hall–Kier alpha value is -3.05. The summed E-state index contributed by atoms with van der Waals surface area (Å²) in [5, 5.41) is 2.37. The monoisotopic (exact) mass is 472 g/mol. The first-order chi connectivity index (χ1) is 15.0. The number of hydrogen-bond donors (Lipinski definition) is 2. The second-order valence-corrected chi connectivity index (χ2v) is 8.35. The second kappa shape index (κ2) is 10.5. The summed E-state index contributed by atoms with van der Waals surface area (Å²) in [6, 6.07) is 7.06. The van der Waals surface area contributed by atoms with Crippen molar-refractivity contribution in [1.82, 2.24) is 4.72 Å². The molecule has 0 aliphatic rings. The summed E-state index contributed by atoms with van der Waals surface area (Å²) in [6.07, 6.45) is -1.56. The lowest BCUT2D eigenvalue weighted by Crippen LogP contribution is -2.19. The van der Waals surface area contributed by atoms with Crippen molar-refractivity contribution < 1.29 is 35.9 Å². The van der Waals surface area contributed by atoms with Crippen molar-refractivity contribution in [3.05, 3.63) is 53.6 Å². The van der Waals surface area contributed by atoms with Crippen LogP contribution in [-0.2, 0) is 21.0 Å². The van der Waals surface area contributed by atoms with Crippen LogP contribution in [0.25, 0.3) is 6.08 Å². The highest BCUT2D eigenvalue weighted by Crippen LogP contribution is 2.35. The zero-order valence-corrected chi connectivity index (χ0v) is 18.4. The van der Waals surface area contributed by atoms with Gasteiger partial charge in [-0.05, 0) is 55.4 Å². The number of rotatable bonds is 9. The Balaban J connectivity index is 2.29. The predicted octanol–water partition coefficient (Wildman–Crippen LogP) is 4.06. The molecule has 7 nitrogen and oxygen atoms in total. The van der Waals surface area contributed by atoms with E-state index < -0.39 is 27.7 Å². The third kappa shape index (κ3) is 6.47. The summed E-state index contributed by atoms with van der Waals surface area (Å²) in [6.45, 7) is 2.10. The Morgan fingerprint density at radius 1 is 1.12 bits per heavy atom. The van der Waals surface area contributed by atoms with Crippen LogP contribution >= 0.6 is 0 Å². The highest BCUT2D eigenvalue weighted by atomic mass is 32.2. The van der Waals surface area contributed by atoms with E-state index in [1.54, 1.807) is 0 Å². The largest absolute Gasteiger partial charge is 0.495 e. The first-order valence-electron chi connectivity index (χ1n) is 9.46. The fourth-order valence-corrected chi connectivity index (χ4v) is 3.53. The van der Waals surface area contributed by atoms with Gasteiger partial charge in [-0.3, -0.25) is 4.79 Å². The second-order valence-electron chi connectivity index (χ2n) is 6.50. The molecule has 32 heavy (non-hydrogen) atoms. The number of sulfonamides is 1. The van der Waals surface area contributed by atoms with Crippen LogP contribution in [0.5, 0.6) is 11.5 Å². The van der Waals surface area contributed by atoms with Crippen molar-refractivity contribution in [3.63, 3.8) is 0 Å². The number of methoxy groups -OCH3 is 1. The van der Waals surface area contributed by atoms with E-state index in [0.717, 1.165) is 24.3 Å². The average molecular weight is 472 g/mol. The number of anilines is 1. The normalized spacial score (nSPS) is 12.1. The molecule has 2 rings (SSSR count). The van der Waals surface area contributed by atoms with Gasteiger partial charge in [-0.2, -0.15) is 13.2 Å². The molecule has 0 aromatic heterocycles. The standard InChI is InChI=1S/C21H23F3N2O5S/c1-4-11-31-17-9-7-15(21(22,23)24)13-16(17)26-20(27)10-6-14-5-8-18(30-3)19(12-14)32(28,29)25-2/h5-10,12-13,25H,4,11H2,1-3H3,(H,26,27)/b10-6+. The summed E-state index contributed by atoms with van der Waals surface area (Å²) in [5.74, 6) is -0.504. The van der Waals surface area contributed by atoms with E-state index in [4.69, 9.17) is 9.47 Å². The Kier molecular flexibility index (Phi) is 8.28. The topological polar surface area (TPSA) is 93.7 Å². The van der Waals surface area contributed by atoms with Crippen LogP contribution in [0, 0.1) is 0 Å². The minimum atomic E-state index is -4.59. The van der Waals surface area contributed by atoms with E-state index in [1.807, 2.05) is 6.92 Å². The number of carbonyl (C=O) groups is 1. The smallest absolute Gasteiger partial charge is 0.416 e. The molecule has 0 unspecified atom stereocenters. The van der Waals surface area contributed by atoms with Crippen molar-refractivity contribution in [2.45, 2.75) is 24.4 Å². The lowest BCUT2D eigenvalue weighted by Gasteiger charge is -2.14. The molecule has 2 aromatic rings. The van der Waals surface area contributed by atoms with E-state index in [1.165, 1.54) is 38.4 Å². The van der Waals surface area contributed by atoms with Crippen molar-refractivity contribution in [3.8, 4) is 11.5 Å². The first-order valence-corrected chi connectivity index (χ1v) is 10.9. The SMILES string of the molecule is CCCOc1ccc(C(F)(F)F)cc1NC(=O)/C=C/c1ccc(OC)c(S(=O)(=O)NC)c1. The molecule has 0 heterocycles. The summed E-state index contributed by atoms with van der Waals surface area (Å²) in [4.78, 5) is 12.2. The molecule has 0 spiro atoms. The molecule has 0 saturated carbocycles. The zero-order chi connectivity index (χ0) is 23.9. The van der Waals surface area contributed by atoms with Crippen LogP contribution in [0.1, 0.15) is 24.5 Å². The van der Waals surface area contributed by atoms with Crippen LogP contribution in [0.15, 0.2) is 47.4 Å². The van der Waals surface area contributed by atoms with Crippen molar-refractivity contribution in [1.29, 1.82) is 0 Å². The van der Waals surface area contributed by atoms with Gasteiger partial charge in [-0.1, -0.05) is 13.0 Å². The summed E-state index contributed by atoms with van der Waals surface area (Å²) in [7, 11) is -1.25. The Morgan fingerprint density at radius 3 is 2.41 bits per heavy atom. The maximum absolute atomic E-state index is 13.1. The predicted molar refractivity (Wildman–Crippen MR) is 114 cm³/mol. The number of alkyl halides is 3. The molecule has 174 valence electrons. The fraction of sp³-hybridized carbons (Fsp3) is 0.286. The number of carbonyl (C=O) groups excluding carboxylic acids is 1. The summed E-state index contributed by atoms with van der Waals surface area (Å²) >= 11 is 0. The average Bonchev–Trinajstić information content (AvgIpc) is 2.75. The molecule has 11 heteroatoms. The molecular formula is C21H23F3N2O5S. The zero-order valence-electron chi connectivity index (χ0n) is 17.6. The third-order valence-corrected chi connectivity index (χ3v) is 5.64. The van der Waals surface area contributed by atoms with Crippen LogP contribution < -0.4 is 19.5 Å². The highest BCUT2D eigenvalue weighted by Gasteiger charge is 2.31. The van der Waals surface area contributed by atoms with Gasteiger partial charge in [0.2, 0.25) is 15.9 Å². The quantitative estimate of drug-likeness (QED) is 0.537. The van der Waals surface area contributed by atoms with Gasteiger partial charge in [-0.25, -0.2) is 13.1 Å². The summed E-state index contributed by atoms with van der Waals surface area (Å²) < 4.78 is 76.1. The van der Waals surface area contributed by atoms with E-state index in [-0.39, 0.29) is 28.7 Å². The molecule has 2 N–H and O–H groups in total. The Morgan fingerprint density at radius 2 is 1.81 bits per heavy atom. The Labute approximate surface area is 184 Å². The van der Waals surface area contributed by atoms with Crippen molar-refractivity contribution in [2.75, 3.05) is 26.1 Å². The maximum atomic E-state index is 13.1. The van der Waals surface area contributed by atoms with Crippen molar-refractivity contribution in [2.24, 2.45) is 0 Å². The van der Waals surface area contributed by atoms with Crippen LogP contribution in [0.3, 0.4) is 0 Å². The molecule has 0 atom stereocenters. The van der Waals surface area contributed by atoms with E-state index in [9.17, 15) is 26.4 Å².